The van der Waals surface area contributed by atoms with Gasteiger partial charge in [0.05, 0.1) is 0 Å². The first-order valence-electron chi connectivity index (χ1n) is 5.36. The summed E-state index contributed by atoms with van der Waals surface area (Å²) in [6.07, 6.45) is 2.70. The van der Waals surface area contributed by atoms with Crippen molar-refractivity contribution >= 4 is 41.1 Å². The first-order valence-corrected chi connectivity index (χ1v) is 9.93. The van der Waals surface area contributed by atoms with Gasteiger partial charge in [-0.1, -0.05) is 6.42 Å². The minimum absolute atomic E-state index is 0.0311. The number of sulfonamides is 1. The van der Waals surface area contributed by atoms with Crippen molar-refractivity contribution < 1.29 is 16.8 Å². The maximum atomic E-state index is 12.2. The van der Waals surface area contributed by atoms with Crippen LogP contribution >= 0.6 is 22.0 Å². The van der Waals surface area contributed by atoms with E-state index in [1.807, 2.05) is 0 Å². The second-order valence-electron chi connectivity index (χ2n) is 3.98. The lowest BCUT2D eigenvalue weighted by molar-refractivity contribution is 0.347. The van der Waals surface area contributed by atoms with Crippen molar-refractivity contribution in [2.45, 2.75) is 27.7 Å². The Labute approximate surface area is 115 Å². The predicted octanol–water partition coefficient (Wildman–Crippen LogP) is 1.85. The van der Waals surface area contributed by atoms with Crippen LogP contribution < -0.4 is 0 Å². The molecule has 18 heavy (non-hydrogen) atoms. The van der Waals surface area contributed by atoms with Crippen LogP contribution in [-0.2, 0) is 19.1 Å². The van der Waals surface area contributed by atoms with Crippen LogP contribution in [0.1, 0.15) is 19.3 Å². The quantitative estimate of drug-likeness (QED) is 0.793. The average molecular weight is 330 g/mol. The van der Waals surface area contributed by atoms with E-state index in [0.717, 1.165) is 19.3 Å². The van der Waals surface area contributed by atoms with Gasteiger partial charge in [-0.05, 0) is 25.0 Å². The summed E-state index contributed by atoms with van der Waals surface area (Å²) in [4.78, 5) is 0. The van der Waals surface area contributed by atoms with Crippen molar-refractivity contribution in [2.24, 2.45) is 0 Å². The smallest absolute Gasteiger partial charge is 0.206 e. The molecule has 0 N–H and O–H groups in total. The van der Waals surface area contributed by atoms with Crippen LogP contribution in [-0.4, -0.2) is 34.2 Å². The van der Waals surface area contributed by atoms with E-state index in [4.69, 9.17) is 10.7 Å². The number of hydrogen-bond donors (Lipinski definition) is 0. The molecule has 0 aliphatic carbocycles. The van der Waals surface area contributed by atoms with Gasteiger partial charge in [-0.3, -0.25) is 0 Å². The molecule has 2 rings (SSSR count). The second-order valence-corrected chi connectivity index (χ2v) is 10.0. The zero-order valence-corrected chi connectivity index (χ0v) is 12.6. The Morgan fingerprint density at radius 1 is 1.00 bits per heavy atom. The minimum atomic E-state index is -3.87. The number of hydrogen-bond acceptors (Lipinski definition) is 5. The third kappa shape index (κ3) is 2.88. The molecular weight excluding hydrogens is 318 g/mol. The van der Waals surface area contributed by atoms with Crippen LogP contribution in [0.15, 0.2) is 20.6 Å². The van der Waals surface area contributed by atoms with Crippen molar-refractivity contribution in [1.29, 1.82) is 0 Å². The number of piperidine rings is 1. The topological polar surface area (TPSA) is 71.5 Å². The van der Waals surface area contributed by atoms with Crippen molar-refractivity contribution in [3.63, 3.8) is 0 Å². The number of halogens is 1. The average Bonchev–Trinajstić information content (AvgIpc) is 2.79. The van der Waals surface area contributed by atoms with Gasteiger partial charge in [0, 0.05) is 23.8 Å². The monoisotopic (exact) mass is 329 g/mol. The highest BCUT2D eigenvalue weighted by atomic mass is 35.7. The van der Waals surface area contributed by atoms with Gasteiger partial charge >= 0.3 is 0 Å². The van der Waals surface area contributed by atoms with Crippen molar-refractivity contribution in [1.82, 2.24) is 4.31 Å². The highest BCUT2D eigenvalue weighted by molar-refractivity contribution is 8.15. The maximum Gasteiger partial charge on any atom is 0.270 e. The van der Waals surface area contributed by atoms with E-state index < -0.39 is 19.1 Å². The van der Waals surface area contributed by atoms with E-state index >= 15 is 0 Å². The SMILES string of the molecule is O=S(=O)(Cl)c1ccc(S(=O)(=O)N2CCCCC2)s1. The van der Waals surface area contributed by atoms with Gasteiger partial charge in [-0.25, -0.2) is 16.8 Å². The normalized spacial score (nSPS) is 18.9. The lowest BCUT2D eigenvalue weighted by atomic mass is 10.2. The summed E-state index contributed by atoms with van der Waals surface area (Å²) >= 11 is 0.691. The van der Waals surface area contributed by atoms with Crippen LogP contribution in [0.25, 0.3) is 0 Å². The van der Waals surface area contributed by atoms with Gasteiger partial charge in [-0.2, -0.15) is 4.31 Å². The Kier molecular flexibility index (Phi) is 4.03. The highest BCUT2D eigenvalue weighted by Gasteiger charge is 2.28. The van der Waals surface area contributed by atoms with E-state index in [-0.39, 0.29) is 8.42 Å². The van der Waals surface area contributed by atoms with Crippen LogP contribution in [0, 0.1) is 0 Å². The first-order chi connectivity index (χ1) is 8.32. The van der Waals surface area contributed by atoms with Gasteiger partial charge in [-0.15, -0.1) is 11.3 Å². The van der Waals surface area contributed by atoms with Gasteiger partial charge in [0.2, 0.25) is 0 Å². The predicted molar refractivity (Wildman–Crippen MR) is 70.0 cm³/mol. The molecule has 1 aromatic heterocycles. The minimum Gasteiger partial charge on any atom is -0.206 e. The zero-order chi connectivity index (χ0) is 13.4. The Hall–Kier alpha value is -0.150. The number of nitrogens with zero attached hydrogens (tertiary/aromatic N) is 1. The second kappa shape index (κ2) is 5.09. The van der Waals surface area contributed by atoms with E-state index in [9.17, 15) is 16.8 Å². The van der Waals surface area contributed by atoms with Gasteiger partial charge in [0.25, 0.3) is 19.1 Å². The van der Waals surface area contributed by atoms with Crippen molar-refractivity contribution in [2.75, 3.05) is 13.1 Å². The molecule has 0 bridgehead atoms. The molecule has 1 aliphatic heterocycles. The van der Waals surface area contributed by atoms with Crippen molar-refractivity contribution in [3.8, 4) is 0 Å². The van der Waals surface area contributed by atoms with E-state index in [2.05, 4.69) is 0 Å². The molecule has 0 unspecified atom stereocenters. The van der Waals surface area contributed by atoms with E-state index in [1.165, 1.54) is 16.4 Å². The molecular formula is C9H12ClNO4S3. The fraction of sp³-hybridized carbons (Fsp3) is 0.556. The molecule has 1 fully saturated rings. The third-order valence-corrected chi connectivity index (χ3v) is 8.25. The first kappa shape index (κ1) is 14.3. The lowest BCUT2D eigenvalue weighted by Gasteiger charge is -2.25. The van der Waals surface area contributed by atoms with E-state index in [1.54, 1.807) is 0 Å². The fourth-order valence-corrected chi connectivity index (χ4v) is 6.01. The van der Waals surface area contributed by atoms with Crippen LogP contribution in [0.4, 0.5) is 0 Å². The Morgan fingerprint density at radius 2 is 1.56 bits per heavy atom. The van der Waals surface area contributed by atoms with Crippen LogP contribution in [0.3, 0.4) is 0 Å². The standard InChI is InChI=1S/C9H12ClNO4S3/c10-17(12,13)8-4-5-9(16-8)18(14,15)11-6-2-1-3-7-11/h4-5H,1-3,6-7H2. The van der Waals surface area contributed by atoms with Crippen molar-refractivity contribution in [3.05, 3.63) is 12.1 Å². The molecule has 1 saturated heterocycles. The van der Waals surface area contributed by atoms with Crippen LogP contribution in [0.5, 0.6) is 0 Å². The highest BCUT2D eigenvalue weighted by Crippen LogP contribution is 2.30. The van der Waals surface area contributed by atoms with Gasteiger partial charge in [0.15, 0.2) is 0 Å². The van der Waals surface area contributed by atoms with Gasteiger partial charge < -0.3 is 0 Å². The summed E-state index contributed by atoms with van der Waals surface area (Å²) in [5.41, 5.74) is 0. The molecule has 9 heteroatoms. The molecule has 1 aliphatic rings. The third-order valence-electron chi connectivity index (χ3n) is 2.71. The molecule has 102 valence electrons. The molecule has 0 amide bonds. The zero-order valence-electron chi connectivity index (χ0n) is 9.37. The Balaban J connectivity index is 2.33. The summed E-state index contributed by atoms with van der Waals surface area (Å²) in [5, 5.41) is 0. The molecule has 0 aromatic carbocycles. The summed E-state index contributed by atoms with van der Waals surface area (Å²) in [7, 11) is -2.26. The summed E-state index contributed by atoms with van der Waals surface area (Å²) < 4.78 is 48.0. The molecule has 2 heterocycles. The maximum absolute atomic E-state index is 12.2. The molecule has 1 aromatic rings. The van der Waals surface area contributed by atoms with Gasteiger partial charge in [0.1, 0.15) is 8.42 Å². The molecule has 0 atom stereocenters. The summed E-state index contributed by atoms with van der Waals surface area (Å²) in [6.45, 7) is 0.979. The number of thiophene rings is 1. The molecule has 0 radical (unpaired) electrons. The summed E-state index contributed by atoms with van der Waals surface area (Å²) in [6, 6.07) is 2.52. The molecule has 0 saturated carbocycles. The Morgan fingerprint density at radius 3 is 2.06 bits per heavy atom. The van der Waals surface area contributed by atoms with E-state index in [0.29, 0.717) is 24.4 Å². The summed E-state index contributed by atoms with van der Waals surface area (Å²) in [5.74, 6) is 0. The lowest BCUT2D eigenvalue weighted by Crippen LogP contribution is -2.35. The Bertz CT molecular complexity index is 629. The largest absolute Gasteiger partial charge is 0.270 e. The van der Waals surface area contributed by atoms with Crippen LogP contribution in [0.2, 0.25) is 0 Å². The molecule has 5 nitrogen and oxygen atoms in total. The fourth-order valence-electron chi connectivity index (χ4n) is 1.81. The molecule has 0 spiro atoms. The number of rotatable bonds is 3.